The van der Waals surface area contributed by atoms with Gasteiger partial charge in [-0.05, 0) is 37.3 Å². The smallest absolute Gasteiger partial charge is 0.0272 e. The van der Waals surface area contributed by atoms with Crippen LogP contribution in [0, 0.1) is 5.92 Å². The van der Waals surface area contributed by atoms with Gasteiger partial charge in [-0.2, -0.15) is 0 Å². The van der Waals surface area contributed by atoms with E-state index in [0.29, 0.717) is 12.5 Å². The van der Waals surface area contributed by atoms with Crippen molar-refractivity contribution in [2.24, 2.45) is 11.7 Å². The molecule has 2 unspecified atom stereocenters. The fourth-order valence-corrected chi connectivity index (χ4v) is 3.17. The highest BCUT2D eigenvalue weighted by Crippen LogP contribution is 2.06. The molecule has 1 aromatic rings. The lowest BCUT2D eigenvalue weighted by Gasteiger charge is -2.07. The van der Waals surface area contributed by atoms with Crippen LogP contribution in [0.2, 0.25) is 0 Å². The van der Waals surface area contributed by atoms with E-state index in [1.807, 2.05) is 6.07 Å². The van der Waals surface area contributed by atoms with E-state index >= 15 is 0 Å². The van der Waals surface area contributed by atoms with E-state index in [4.69, 9.17) is 5.73 Å². The van der Waals surface area contributed by atoms with E-state index in [2.05, 4.69) is 31.2 Å². The average Bonchev–Trinajstić information content (AvgIpc) is 2.36. The molecule has 1 aromatic carbocycles. The van der Waals surface area contributed by atoms with Gasteiger partial charge in [-0.15, -0.1) is 0 Å². The van der Waals surface area contributed by atoms with Gasteiger partial charge in [-0.1, -0.05) is 37.3 Å². The Kier molecular flexibility index (Phi) is 7.13. The highest BCUT2D eigenvalue weighted by atomic mass is 32.2. The molecule has 17 heavy (non-hydrogen) atoms. The topological polar surface area (TPSA) is 43.1 Å². The quantitative estimate of drug-likeness (QED) is 0.723. The molecule has 1 rings (SSSR count). The molecule has 0 saturated heterocycles. The van der Waals surface area contributed by atoms with Crippen LogP contribution >= 0.6 is 0 Å². The highest BCUT2D eigenvalue weighted by Gasteiger charge is 2.05. The third-order valence-electron chi connectivity index (χ3n) is 2.80. The lowest BCUT2D eigenvalue weighted by atomic mass is 10.1. The second-order valence-electron chi connectivity index (χ2n) is 4.59. The van der Waals surface area contributed by atoms with Crippen LogP contribution in [0.4, 0.5) is 0 Å². The van der Waals surface area contributed by atoms with E-state index < -0.39 is 10.8 Å². The first kappa shape index (κ1) is 14.4. The van der Waals surface area contributed by atoms with Crippen molar-refractivity contribution >= 4 is 10.8 Å². The third-order valence-corrected chi connectivity index (χ3v) is 4.49. The molecular formula is C14H23NOS. The second-order valence-corrected chi connectivity index (χ2v) is 6.22. The van der Waals surface area contributed by atoms with E-state index in [0.717, 1.165) is 30.8 Å². The molecule has 0 heterocycles. The van der Waals surface area contributed by atoms with Crippen LogP contribution in [0.25, 0.3) is 0 Å². The highest BCUT2D eigenvalue weighted by molar-refractivity contribution is 7.84. The second kappa shape index (κ2) is 8.43. The Hall–Kier alpha value is -0.670. The molecule has 3 heteroatoms. The number of nitrogens with two attached hydrogens (primary N) is 1. The molecule has 2 nitrogen and oxygen atoms in total. The largest absolute Gasteiger partial charge is 0.330 e. The average molecular weight is 253 g/mol. The normalized spacial score (nSPS) is 14.5. The maximum absolute atomic E-state index is 11.7. The van der Waals surface area contributed by atoms with Crippen LogP contribution in [0.15, 0.2) is 30.3 Å². The molecule has 96 valence electrons. The van der Waals surface area contributed by atoms with Crippen LogP contribution in [0.3, 0.4) is 0 Å². The summed E-state index contributed by atoms with van der Waals surface area (Å²) in [6, 6.07) is 10.5. The summed E-state index contributed by atoms with van der Waals surface area (Å²) in [5.41, 5.74) is 6.89. The maximum Gasteiger partial charge on any atom is 0.0272 e. The Bertz CT molecular complexity index is 326. The van der Waals surface area contributed by atoms with Gasteiger partial charge in [0.05, 0.1) is 0 Å². The van der Waals surface area contributed by atoms with E-state index in [9.17, 15) is 4.21 Å². The van der Waals surface area contributed by atoms with Crippen molar-refractivity contribution in [1.82, 2.24) is 0 Å². The Balaban J connectivity index is 2.10. The van der Waals surface area contributed by atoms with Crippen LogP contribution in [-0.2, 0) is 17.2 Å². The Morgan fingerprint density at radius 3 is 2.59 bits per heavy atom. The lowest BCUT2D eigenvalue weighted by Crippen LogP contribution is -2.19. The number of rotatable bonds is 8. The molecule has 2 N–H and O–H groups in total. The van der Waals surface area contributed by atoms with Gasteiger partial charge < -0.3 is 5.73 Å². The van der Waals surface area contributed by atoms with Gasteiger partial charge in [0.15, 0.2) is 0 Å². The zero-order chi connectivity index (χ0) is 12.5. The predicted molar refractivity (Wildman–Crippen MR) is 75.5 cm³/mol. The van der Waals surface area contributed by atoms with Gasteiger partial charge in [-0.25, -0.2) is 0 Å². The number of aryl methyl sites for hydroxylation is 1. The van der Waals surface area contributed by atoms with Gasteiger partial charge in [0.1, 0.15) is 0 Å². The fraction of sp³-hybridized carbons (Fsp3) is 0.571. The molecule has 2 atom stereocenters. The molecule has 0 bridgehead atoms. The first-order chi connectivity index (χ1) is 8.22. The summed E-state index contributed by atoms with van der Waals surface area (Å²) in [6.45, 7) is 2.69. The van der Waals surface area contributed by atoms with Crippen LogP contribution in [0.5, 0.6) is 0 Å². The fourth-order valence-electron chi connectivity index (χ4n) is 1.71. The monoisotopic (exact) mass is 253 g/mol. The van der Waals surface area contributed by atoms with Crippen molar-refractivity contribution in [3.05, 3.63) is 35.9 Å². The number of hydrogen-bond donors (Lipinski definition) is 1. The van der Waals surface area contributed by atoms with Gasteiger partial charge in [0.25, 0.3) is 0 Å². The van der Waals surface area contributed by atoms with Crippen molar-refractivity contribution < 1.29 is 4.21 Å². The van der Waals surface area contributed by atoms with Crippen molar-refractivity contribution in [1.29, 1.82) is 0 Å². The predicted octanol–water partition coefficient (Wildman–Crippen LogP) is 2.35. The molecule has 0 aliphatic heterocycles. The summed E-state index contributed by atoms with van der Waals surface area (Å²) in [6.07, 6.45) is 3.25. The van der Waals surface area contributed by atoms with E-state index in [1.54, 1.807) is 0 Å². The number of hydrogen-bond acceptors (Lipinski definition) is 2. The zero-order valence-corrected chi connectivity index (χ0v) is 11.4. The Morgan fingerprint density at radius 2 is 1.94 bits per heavy atom. The molecule has 0 spiro atoms. The number of unbranched alkanes of at least 4 members (excludes halogenated alkanes) is 1. The summed E-state index contributed by atoms with van der Waals surface area (Å²) in [5.74, 6) is 1.95. The van der Waals surface area contributed by atoms with Gasteiger partial charge in [0.2, 0.25) is 0 Å². The first-order valence-corrected chi connectivity index (χ1v) is 7.80. The summed E-state index contributed by atoms with van der Waals surface area (Å²) >= 11 is 0. The van der Waals surface area contributed by atoms with Crippen LogP contribution < -0.4 is 5.73 Å². The molecule has 0 aromatic heterocycles. The standard InChI is InChI=1S/C14H23NOS/c1-13(11-15)12-17(16)10-6-5-9-14-7-3-2-4-8-14/h2-4,7-8,13H,5-6,9-12,15H2,1H3. The van der Waals surface area contributed by atoms with Crippen LogP contribution in [0.1, 0.15) is 25.3 Å². The SMILES string of the molecule is CC(CN)CS(=O)CCCCc1ccccc1. The van der Waals surface area contributed by atoms with Gasteiger partial charge >= 0.3 is 0 Å². The van der Waals surface area contributed by atoms with Gasteiger partial charge in [-0.3, -0.25) is 4.21 Å². The molecule has 0 aliphatic rings. The van der Waals surface area contributed by atoms with Crippen molar-refractivity contribution in [3.8, 4) is 0 Å². The molecule has 0 amide bonds. The molecule has 0 radical (unpaired) electrons. The lowest BCUT2D eigenvalue weighted by molar-refractivity contribution is 0.637. The molecule has 0 fully saturated rings. The summed E-state index contributed by atoms with van der Waals surface area (Å²) in [5, 5.41) is 0. The first-order valence-electron chi connectivity index (χ1n) is 6.31. The molecular weight excluding hydrogens is 230 g/mol. The Morgan fingerprint density at radius 1 is 1.24 bits per heavy atom. The van der Waals surface area contributed by atoms with E-state index in [1.165, 1.54) is 5.56 Å². The number of benzene rings is 1. The maximum atomic E-state index is 11.7. The zero-order valence-electron chi connectivity index (χ0n) is 10.6. The van der Waals surface area contributed by atoms with Crippen molar-refractivity contribution in [2.45, 2.75) is 26.2 Å². The van der Waals surface area contributed by atoms with E-state index in [-0.39, 0.29) is 0 Å². The summed E-state index contributed by atoms with van der Waals surface area (Å²) in [7, 11) is -0.688. The van der Waals surface area contributed by atoms with Gasteiger partial charge in [0, 0.05) is 22.3 Å². The van der Waals surface area contributed by atoms with Crippen molar-refractivity contribution in [3.63, 3.8) is 0 Å². The molecule has 0 saturated carbocycles. The summed E-state index contributed by atoms with van der Waals surface area (Å²) < 4.78 is 11.7. The van der Waals surface area contributed by atoms with Crippen molar-refractivity contribution in [2.75, 3.05) is 18.1 Å². The summed E-state index contributed by atoms with van der Waals surface area (Å²) in [4.78, 5) is 0. The Labute approximate surface area is 107 Å². The third kappa shape index (κ3) is 6.59. The minimum Gasteiger partial charge on any atom is -0.330 e. The molecule has 0 aliphatic carbocycles. The minimum atomic E-state index is -0.688. The minimum absolute atomic E-state index is 0.380. The van der Waals surface area contributed by atoms with Crippen LogP contribution in [-0.4, -0.2) is 22.3 Å².